The normalized spacial score (nSPS) is 30.3. The van der Waals surface area contributed by atoms with Gasteiger partial charge in [-0.15, -0.1) is 0 Å². The van der Waals surface area contributed by atoms with Gasteiger partial charge >= 0.3 is 0 Å². The van der Waals surface area contributed by atoms with Crippen LogP contribution in [0.25, 0.3) is 11.0 Å². The molecule has 0 amide bonds. The lowest BCUT2D eigenvalue weighted by molar-refractivity contribution is 0.350. The second kappa shape index (κ2) is 4.13. The zero-order chi connectivity index (χ0) is 11.9. The highest BCUT2D eigenvalue weighted by atomic mass is 16.3. The second-order valence-electron chi connectivity index (χ2n) is 5.92. The number of para-hydroxylation sites is 1. The highest BCUT2D eigenvalue weighted by Crippen LogP contribution is 2.44. The Kier molecular flexibility index (Phi) is 2.44. The van der Waals surface area contributed by atoms with E-state index in [1.807, 2.05) is 18.4 Å². The van der Waals surface area contributed by atoms with Crippen LogP contribution in [0.5, 0.6) is 0 Å². The van der Waals surface area contributed by atoms with Crippen molar-refractivity contribution in [2.45, 2.75) is 38.3 Å². The molecule has 2 saturated carbocycles. The van der Waals surface area contributed by atoms with Gasteiger partial charge < -0.3 is 9.73 Å². The molecular weight excluding hydrogens is 222 g/mol. The number of nitrogens with one attached hydrogen (secondary N) is 1. The van der Waals surface area contributed by atoms with Crippen LogP contribution in [0.3, 0.4) is 0 Å². The van der Waals surface area contributed by atoms with Gasteiger partial charge in [0.15, 0.2) is 0 Å². The molecule has 4 rings (SSSR count). The minimum Gasteiger partial charge on any atom is -0.464 e. The van der Waals surface area contributed by atoms with Gasteiger partial charge in [-0.3, -0.25) is 0 Å². The molecule has 94 valence electrons. The van der Waals surface area contributed by atoms with Crippen molar-refractivity contribution in [1.29, 1.82) is 0 Å². The van der Waals surface area contributed by atoms with Gasteiger partial charge in [-0.1, -0.05) is 24.6 Å². The van der Waals surface area contributed by atoms with Gasteiger partial charge in [-0.2, -0.15) is 0 Å². The number of hydrogen-bond donors (Lipinski definition) is 1. The van der Waals surface area contributed by atoms with Crippen LogP contribution in [0.4, 0.5) is 0 Å². The van der Waals surface area contributed by atoms with Crippen LogP contribution in [0, 0.1) is 11.8 Å². The molecule has 2 heteroatoms. The van der Waals surface area contributed by atoms with Crippen LogP contribution in [-0.4, -0.2) is 6.04 Å². The molecule has 0 spiro atoms. The molecule has 1 aromatic heterocycles. The quantitative estimate of drug-likeness (QED) is 0.886. The Bertz CT molecular complexity index is 559. The fourth-order valence-electron chi connectivity index (χ4n) is 3.91. The molecule has 3 atom stereocenters. The predicted octanol–water partition coefficient (Wildman–Crippen LogP) is 3.71. The molecule has 18 heavy (non-hydrogen) atoms. The van der Waals surface area contributed by atoms with E-state index in [1.165, 1.54) is 36.6 Å². The zero-order valence-electron chi connectivity index (χ0n) is 10.6. The van der Waals surface area contributed by atoms with Crippen LogP contribution in [0.1, 0.15) is 31.2 Å². The van der Waals surface area contributed by atoms with Crippen LogP contribution >= 0.6 is 0 Å². The summed E-state index contributed by atoms with van der Waals surface area (Å²) in [6.07, 6.45) is 7.67. The summed E-state index contributed by atoms with van der Waals surface area (Å²) < 4.78 is 5.59. The maximum Gasteiger partial charge on any atom is 0.134 e. The molecule has 0 aliphatic heterocycles. The molecular formula is C16H19NO. The summed E-state index contributed by atoms with van der Waals surface area (Å²) in [6.45, 7) is 0.949. The maximum absolute atomic E-state index is 5.59. The average Bonchev–Trinajstić information content (AvgIpc) is 3.11. The smallest absolute Gasteiger partial charge is 0.134 e. The topological polar surface area (TPSA) is 25.2 Å². The molecule has 2 bridgehead atoms. The van der Waals surface area contributed by atoms with Gasteiger partial charge in [0, 0.05) is 23.5 Å². The molecule has 2 fully saturated rings. The van der Waals surface area contributed by atoms with E-state index >= 15 is 0 Å². The van der Waals surface area contributed by atoms with E-state index in [0.717, 1.165) is 30.0 Å². The monoisotopic (exact) mass is 241 g/mol. The Morgan fingerprint density at radius 2 is 2.11 bits per heavy atom. The van der Waals surface area contributed by atoms with Crippen LogP contribution < -0.4 is 5.32 Å². The Balaban J connectivity index is 1.48. The third-order valence-corrected chi connectivity index (χ3v) is 4.85. The molecule has 0 radical (unpaired) electrons. The first-order valence-electron chi connectivity index (χ1n) is 7.08. The minimum atomic E-state index is 0.748. The van der Waals surface area contributed by atoms with E-state index in [4.69, 9.17) is 4.42 Å². The maximum atomic E-state index is 5.59. The van der Waals surface area contributed by atoms with Gasteiger partial charge in [0.05, 0.1) is 6.26 Å². The molecule has 2 aliphatic rings. The SMILES string of the molecule is c1ccc2c(CNC3CC4CCC3C4)coc2c1. The van der Waals surface area contributed by atoms with Crippen molar-refractivity contribution in [1.82, 2.24) is 5.32 Å². The standard InChI is InChI=1S/C16H19NO/c1-2-4-16-14(3-1)13(10-18-16)9-17-15-8-11-5-6-12(15)7-11/h1-4,10-12,15,17H,5-9H2. The number of fused-ring (bicyclic) bond motifs is 3. The van der Waals surface area contributed by atoms with Gasteiger partial charge in [-0.25, -0.2) is 0 Å². The van der Waals surface area contributed by atoms with Gasteiger partial charge in [0.2, 0.25) is 0 Å². The van der Waals surface area contributed by atoms with Crippen LogP contribution in [0.2, 0.25) is 0 Å². The van der Waals surface area contributed by atoms with E-state index in [0.29, 0.717) is 0 Å². The van der Waals surface area contributed by atoms with Gasteiger partial charge in [-0.05, 0) is 37.2 Å². The van der Waals surface area contributed by atoms with Crippen molar-refractivity contribution in [3.63, 3.8) is 0 Å². The fraction of sp³-hybridized carbons (Fsp3) is 0.500. The molecule has 2 aromatic rings. The molecule has 1 heterocycles. The molecule has 0 saturated heterocycles. The van der Waals surface area contributed by atoms with Crippen molar-refractivity contribution >= 4 is 11.0 Å². The largest absolute Gasteiger partial charge is 0.464 e. The Labute approximate surface area is 107 Å². The van der Waals surface area contributed by atoms with E-state index in [1.54, 1.807) is 0 Å². The summed E-state index contributed by atoms with van der Waals surface area (Å²) in [5, 5.41) is 5.01. The number of rotatable bonds is 3. The van der Waals surface area contributed by atoms with Crippen molar-refractivity contribution < 1.29 is 4.42 Å². The third-order valence-electron chi connectivity index (χ3n) is 4.85. The Morgan fingerprint density at radius 1 is 1.17 bits per heavy atom. The second-order valence-corrected chi connectivity index (χ2v) is 5.92. The Hall–Kier alpha value is -1.28. The van der Waals surface area contributed by atoms with Gasteiger partial charge in [0.1, 0.15) is 5.58 Å². The molecule has 2 aliphatic carbocycles. The highest BCUT2D eigenvalue weighted by molar-refractivity contribution is 5.80. The van der Waals surface area contributed by atoms with Crippen molar-refractivity contribution in [3.05, 3.63) is 36.1 Å². The summed E-state index contributed by atoms with van der Waals surface area (Å²) in [6, 6.07) is 9.04. The van der Waals surface area contributed by atoms with E-state index in [2.05, 4.69) is 17.4 Å². The summed E-state index contributed by atoms with van der Waals surface area (Å²) >= 11 is 0. The third kappa shape index (κ3) is 1.67. The molecule has 1 aromatic carbocycles. The van der Waals surface area contributed by atoms with Crippen LogP contribution in [0.15, 0.2) is 34.9 Å². The number of furan rings is 1. The molecule has 2 nitrogen and oxygen atoms in total. The van der Waals surface area contributed by atoms with Crippen LogP contribution in [-0.2, 0) is 6.54 Å². The summed E-state index contributed by atoms with van der Waals surface area (Å²) in [4.78, 5) is 0. The van der Waals surface area contributed by atoms with Crippen molar-refractivity contribution in [2.24, 2.45) is 11.8 Å². The zero-order valence-corrected chi connectivity index (χ0v) is 10.6. The average molecular weight is 241 g/mol. The number of hydrogen-bond acceptors (Lipinski definition) is 2. The van der Waals surface area contributed by atoms with Crippen molar-refractivity contribution in [2.75, 3.05) is 0 Å². The first-order valence-corrected chi connectivity index (χ1v) is 7.08. The lowest BCUT2D eigenvalue weighted by atomic mass is 9.95. The summed E-state index contributed by atoms with van der Waals surface area (Å²) in [5.74, 6) is 1.95. The summed E-state index contributed by atoms with van der Waals surface area (Å²) in [5.41, 5.74) is 2.30. The van der Waals surface area contributed by atoms with E-state index < -0.39 is 0 Å². The van der Waals surface area contributed by atoms with E-state index in [-0.39, 0.29) is 0 Å². The first-order chi connectivity index (χ1) is 8.90. The predicted molar refractivity (Wildman–Crippen MR) is 72.3 cm³/mol. The van der Waals surface area contributed by atoms with E-state index in [9.17, 15) is 0 Å². The first kappa shape index (κ1) is 10.6. The van der Waals surface area contributed by atoms with Gasteiger partial charge in [0.25, 0.3) is 0 Å². The molecule has 3 unspecified atom stereocenters. The highest BCUT2D eigenvalue weighted by Gasteiger charge is 2.39. The summed E-state index contributed by atoms with van der Waals surface area (Å²) in [7, 11) is 0. The minimum absolute atomic E-state index is 0.748. The number of benzene rings is 1. The molecule has 1 N–H and O–H groups in total. The lowest BCUT2D eigenvalue weighted by Gasteiger charge is -2.22. The lowest BCUT2D eigenvalue weighted by Crippen LogP contribution is -2.33. The van der Waals surface area contributed by atoms with Crippen molar-refractivity contribution in [3.8, 4) is 0 Å². The Morgan fingerprint density at radius 3 is 2.94 bits per heavy atom. The fourth-order valence-corrected chi connectivity index (χ4v) is 3.91.